The monoisotopic (exact) mass is 226 g/mol. The molecule has 1 unspecified atom stereocenters. The van der Waals surface area contributed by atoms with Crippen LogP contribution in [-0.4, -0.2) is 26.7 Å². The molecule has 1 aromatic rings. The van der Waals surface area contributed by atoms with Gasteiger partial charge in [-0.15, -0.1) is 10.2 Å². The number of rotatable bonds is 1. The number of hydrogen-bond donors (Lipinski definition) is 1. The lowest BCUT2D eigenvalue weighted by Crippen LogP contribution is -2.44. The summed E-state index contributed by atoms with van der Waals surface area (Å²) in [6.45, 7) is 8.87. The summed E-state index contributed by atoms with van der Waals surface area (Å²) in [6, 6.07) is 0.469. The molecule has 1 N–H and O–H groups in total. The van der Waals surface area contributed by atoms with E-state index < -0.39 is 0 Å². The molecule has 1 aliphatic rings. The lowest BCUT2D eigenvalue weighted by Gasteiger charge is -2.35. The molecule has 0 bridgehead atoms. The molecule has 0 fully saturated rings. The molecule has 0 saturated heterocycles. The molecule has 0 radical (unpaired) electrons. The van der Waals surface area contributed by atoms with Crippen LogP contribution in [0.4, 0.5) is 0 Å². The quantitative estimate of drug-likeness (QED) is 0.794. The lowest BCUT2D eigenvalue weighted by atomic mass is 9.88. The minimum absolute atomic E-state index is 0.264. The first-order chi connectivity index (χ1) is 7.02. The molecule has 1 aromatic heterocycles. The smallest absolute Gasteiger partial charge is 0.210 e. The molecule has 1 aliphatic heterocycles. The van der Waals surface area contributed by atoms with Crippen LogP contribution in [0, 0.1) is 5.41 Å². The molecule has 2 heterocycles. The van der Waals surface area contributed by atoms with Gasteiger partial charge in [-0.05, 0) is 5.41 Å². The molecule has 15 heavy (non-hydrogen) atoms. The van der Waals surface area contributed by atoms with Crippen LogP contribution in [-0.2, 0) is 6.42 Å². The summed E-state index contributed by atoms with van der Waals surface area (Å²) in [5.41, 5.74) is 3.77. The lowest BCUT2D eigenvalue weighted by molar-refractivity contribution is 0.335. The predicted molar refractivity (Wildman–Crippen MR) is 62.7 cm³/mol. The fraction of sp³-hybridized carbons (Fsp3) is 0.800. The highest BCUT2D eigenvalue weighted by atomic mass is 32.2. The molecule has 0 amide bonds. The minimum atomic E-state index is 0.264. The number of nitrogens with zero attached hydrogens (tertiary/aromatic N) is 3. The topological polar surface area (TPSA) is 42.7 Å². The number of aromatic nitrogens is 3. The van der Waals surface area contributed by atoms with Crippen LogP contribution in [0.2, 0.25) is 0 Å². The van der Waals surface area contributed by atoms with Crippen molar-refractivity contribution in [2.24, 2.45) is 5.41 Å². The summed E-state index contributed by atoms with van der Waals surface area (Å²) < 4.78 is 2.05. The Bertz CT molecular complexity index is 339. The Morgan fingerprint density at radius 3 is 2.80 bits per heavy atom. The van der Waals surface area contributed by atoms with Crippen molar-refractivity contribution in [1.29, 1.82) is 0 Å². The van der Waals surface area contributed by atoms with Crippen LogP contribution < -0.4 is 5.43 Å². The van der Waals surface area contributed by atoms with Crippen LogP contribution >= 0.6 is 11.8 Å². The minimum Gasteiger partial charge on any atom is -0.318 e. The summed E-state index contributed by atoms with van der Waals surface area (Å²) >= 11 is 1.79. The van der Waals surface area contributed by atoms with E-state index in [1.807, 2.05) is 4.68 Å². The average Bonchev–Trinajstić information content (AvgIpc) is 2.57. The molecule has 0 saturated carbocycles. The van der Waals surface area contributed by atoms with Gasteiger partial charge in [-0.1, -0.05) is 39.5 Å². The zero-order valence-corrected chi connectivity index (χ0v) is 10.6. The molecular formula is C10H18N4S. The fourth-order valence-corrected chi connectivity index (χ4v) is 2.82. The van der Waals surface area contributed by atoms with Crippen LogP contribution in [0.5, 0.6) is 0 Å². The molecule has 1 atom stereocenters. The van der Waals surface area contributed by atoms with Crippen LogP contribution in [0.15, 0.2) is 5.16 Å². The highest BCUT2D eigenvalue weighted by molar-refractivity contribution is 7.99. The van der Waals surface area contributed by atoms with Gasteiger partial charge in [-0.2, -0.15) is 0 Å². The van der Waals surface area contributed by atoms with Crippen molar-refractivity contribution in [3.8, 4) is 0 Å². The van der Waals surface area contributed by atoms with E-state index >= 15 is 0 Å². The van der Waals surface area contributed by atoms with E-state index in [4.69, 9.17) is 0 Å². The summed E-state index contributed by atoms with van der Waals surface area (Å²) in [4.78, 5) is 0. The van der Waals surface area contributed by atoms with Gasteiger partial charge in [0.25, 0.3) is 0 Å². The summed E-state index contributed by atoms with van der Waals surface area (Å²) in [5.74, 6) is 2.08. The maximum Gasteiger partial charge on any atom is 0.210 e. The van der Waals surface area contributed by atoms with Gasteiger partial charge >= 0.3 is 0 Å². The summed E-state index contributed by atoms with van der Waals surface area (Å²) in [5, 5.41) is 9.31. The van der Waals surface area contributed by atoms with Gasteiger partial charge in [0.05, 0.1) is 6.04 Å². The number of hydrogen-bond acceptors (Lipinski definition) is 4. The standard InChI is InChI=1S/C10H18N4S/c1-5-8-11-12-9-14(8)13-7(6-15-9)10(2,3)4/h7,13H,5-6H2,1-4H3. The first-order valence-electron chi connectivity index (χ1n) is 5.36. The van der Waals surface area contributed by atoms with E-state index in [1.165, 1.54) is 0 Å². The van der Waals surface area contributed by atoms with Crippen molar-refractivity contribution < 1.29 is 0 Å². The third kappa shape index (κ3) is 1.97. The van der Waals surface area contributed by atoms with E-state index in [1.54, 1.807) is 11.8 Å². The van der Waals surface area contributed by atoms with E-state index in [9.17, 15) is 0 Å². The zero-order valence-electron chi connectivity index (χ0n) is 9.74. The number of fused-ring (bicyclic) bond motifs is 1. The van der Waals surface area contributed by atoms with Crippen molar-refractivity contribution in [3.05, 3.63) is 5.82 Å². The van der Waals surface area contributed by atoms with E-state index in [0.717, 1.165) is 23.2 Å². The Balaban J connectivity index is 2.25. The Labute approximate surface area is 94.8 Å². The Morgan fingerprint density at radius 2 is 2.20 bits per heavy atom. The van der Waals surface area contributed by atoms with Crippen molar-refractivity contribution >= 4 is 11.8 Å². The highest BCUT2D eigenvalue weighted by Crippen LogP contribution is 2.30. The normalized spacial score (nSPS) is 20.9. The molecule has 0 aromatic carbocycles. The summed E-state index contributed by atoms with van der Waals surface area (Å²) in [6.07, 6.45) is 0.914. The van der Waals surface area contributed by atoms with Gasteiger partial charge in [0.1, 0.15) is 0 Å². The molecule has 0 aliphatic carbocycles. The molecule has 84 valence electrons. The zero-order chi connectivity index (χ0) is 11.1. The van der Waals surface area contributed by atoms with Gasteiger partial charge in [-0.25, -0.2) is 4.68 Å². The van der Waals surface area contributed by atoms with Gasteiger partial charge < -0.3 is 5.43 Å². The predicted octanol–water partition coefficient (Wildman–Crippen LogP) is 1.90. The second-order valence-corrected chi connectivity index (χ2v) is 5.93. The molecular weight excluding hydrogens is 208 g/mol. The highest BCUT2D eigenvalue weighted by Gasteiger charge is 2.30. The van der Waals surface area contributed by atoms with Gasteiger partial charge in [0.15, 0.2) is 5.82 Å². The van der Waals surface area contributed by atoms with Crippen molar-refractivity contribution in [1.82, 2.24) is 14.9 Å². The molecule has 5 heteroatoms. The van der Waals surface area contributed by atoms with Crippen molar-refractivity contribution in [2.45, 2.75) is 45.3 Å². The largest absolute Gasteiger partial charge is 0.318 e. The maximum atomic E-state index is 4.16. The third-order valence-corrected chi connectivity index (χ3v) is 3.75. The third-order valence-electron chi connectivity index (χ3n) is 2.73. The molecule has 0 spiro atoms. The number of aryl methyl sites for hydroxylation is 1. The van der Waals surface area contributed by atoms with Crippen LogP contribution in [0.1, 0.15) is 33.5 Å². The van der Waals surface area contributed by atoms with E-state index in [0.29, 0.717) is 6.04 Å². The Kier molecular flexibility index (Phi) is 2.66. The second kappa shape index (κ2) is 3.70. The van der Waals surface area contributed by atoms with E-state index in [2.05, 4.69) is 43.3 Å². The number of thioether (sulfide) groups is 1. The van der Waals surface area contributed by atoms with Crippen molar-refractivity contribution in [2.75, 3.05) is 11.2 Å². The maximum absolute atomic E-state index is 4.16. The van der Waals surface area contributed by atoms with Gasteiger partial charge in [-0.3, -0.25) is 0 Å². The number of nitrogens with one attached hydrogen (secondary N) is 1. The van der Waals surface area contributed by atoms with Gasteiger partial charge in [0, 0.05) is 12.2 Å². The molecule has 4 nitrogen and oxygen atoms in total. The Hall–Kier alpha value is -0.710. The van der Waals surface area contributed by atoms with Crippen LogP contribution in [0.3, 0.4) is 0 Å². The SMILES string of the molecule is CCc1nnc2n1NC(C(C)(C)C)CS2. The molecule has 2 rings (SSSR count). The first kappa shape index (κ1) is 10.8. The van der Waals surface area contributed by atoms with Crippen molar-refractivity contribution in [3.63, 3.8) is 0 Å². The average molecular weight is 226 g/mol. The Morgan fingerprint density at radius 1 is 1.47 bits per heavy atom. The first-order valence-corrected chi connectivity index (χ1v) is 6.34. The fourth-order valence-electron chi connectivity index (χ4n) is 1.55. The summed E-state index contributed by atoms with van der Waals surface area (Å²) in [7, 11) is 0. The van der Waals surface area contributed by atoms with Gasteiger partial charge in [0.2, 0.25) is 5.16 Å². The second-order valence-electron chi connectivity index (χ2n) is 4.95. The van der Waals surface area contributed by atoms with E-state index in [-0.39, 0.29) is 5.41 Å². The van der Waals surface area contributed by atoms with Crippen LogP contribution in [0.25, 0.3) is 0 Å².